The molecule has 1 atom stereocenters. The summed E-state index contributed by atoms with van der Waals surface area (Å²) in [4.78, 5) is 39.8. The number of amides is 2. The van der Waals surface area contributed by atoms with Gasteiger partial charge in [0.2, 0.25) is 11.4 Å². The molecule has 0 spiro atoms. The van der Waals surface area contributed by atoms with Crippen LogP contribution in [-0.4, -0.2) is 47.6 Å². The summed E-state index contributed by atoms with van der Waals surface area (Å²) in [6, 6.07) is -0.429. The topological polar surface area (TPSA) is 75.7 Å². The Morgan fingerprint density at radius 3 is 2.07 bits per heavy atom. The van der Waals surface area contributed by atoms with E-state index in [9.17, 15) is 27.6 Å². The summed E-state index contributed by atoms with van der Waals surface area (Å²) in [5, 5.41) is 2.00. The van der Waals surface area contributed by atoms with E-state index in [0.717, 1.165) is 50.5 Å². The van der Waals surface area contributed by atoms with Crippen LogP contribution in [0.25, 0.3) is 0 Å². The number of hydrogen-bond donors (Lipinski definition) is 1. The third kappa shape index (κ3) is 3.71. The number of esters is 1. The van der Waals surface area contributed by atoms with Gasteiger partial charge in [-0.2, -0.15) is 13.2 Å². The van der Waals surface area contributed by atoms with Gasteiger partial charge in [-0.05, 0) is 32.6 Å². The molecule has 0 aromatic heterocycles. The molecule has 0 aromatic rings. The number of alkyl halides is 3. The van der Waals surface area contributed by atoms with E-state index < -0.39 is 47.0 Å². The number of rotatable bonds is 4. The number of nitrogens with one attached hydrogen (secondary N) is 1. The molecule has 0 saturated heterocycles. The second kappa shape index (κ2) is 8.59. The van der Waals surface area contributed by atoms with Crippen LogP contribution in [0.15, 0.2) is 11.3 Å². The van der Waals surface area contributed by atoms with Gasteiger partial charge in [-0.1, -0.05) is 38.5 Å². The van der Waals surface area contributed by atoms with Gasteiger partial charge in [-0.15, -0.1) is 0 Å². The van der Waals surface area contributed by atoms with Crippen LogP contribution in [0.4, 0.5) is 13.2 Å². The fourth-order valence-corrected chi connectivity index (χ4v) is 5.11. The molecule has 2 saturated carbocycles. The Bertz CT molecular complexity index is 737. The second-order valence-electron chi connectivity index (χ2n) is 8.49. The molecular formula is C21H29F3N2O4. The Morgan fingerprint density at radius 2 is 1.57 bits per heavy atom. The zero-order valence-electron chi connectivity index (χ0n) is 17.4. The first-order valence-electron chi connectivity index (χ1n) is 10.7. The first-order valence-corrected chi connectivity index (χ1v) is 10.7. The number of allylic oxidation sites excluding steroid dienone is 1. The maximum atomic E-state index is 14.6. The van der Waals surface area contributed by atoms with Crippen molar-refractivity contribution >= 4 is 17.8 Å². The van der Waals surface area contributed by atoms with E-state index in [-0.39, 0.29) is 5.70 Å². The summed E-state index contributed by atoms with van der Waals surface area (Å²) in [5.41, 5.74) is -4.31. The molecule has 30 heavy (non-hydrogen) atoms. The van der Waals surface area contributed by atoms with Crippen LogP contribution >= 0.6 is 0 Å². The lowest BCUT2D eigenvalue weighted by atomic mass is 9.85. The highest BCUT2D eigenvalue weighted by atomic mass is 19.4. The number of halogens is 3. The minimum atomic E-state index is -5.19. The van der Waals surface area contributed by atoms with Crippen molar-refractivity contribution < 1.29 is 32.3 Å². The van der Waals surface area contributed by atoms with E-state index in [2.05, 4.69) is 4.74 Å². The van der Waals surface area contributed by atoms with Crippen LogP contribution in [0.5, 0.6) is 0 Å². The van der Waals surface area contributed by atoms with Crippen molar-refractivity contribution in [2.45, 2.75) is 88.9 Å². The first-order chi connectivity index (χ1) is 14.1. The van der Waals surface area contributed by atoms with Gasteiger partial charge in [0.15, 0.2) is 0 Å². The van der Waals surface area contributed by atoms with Crippen LogP contribution in [0, 0.1) is 5.92 Å². The maximum Gasteiger partial charge on any atom is 0.425 e. The van der Waals surface area contributed by atoms with E-state index in [1.807, 2.05) is 5.32 Å². The number of hydrogen-bond acceptors (Lipinski definition) is 4. The molecule has 6 nitrogen and oxygen atoms in total. The highest BCUT2D eigenvalue weighted by Crippen LogP contribution is 2.47. The minimum absolute atomic E-state index is 0.0833. The standard InChI is InChI=1S/C21H29F3N2O4/c1-13-16(18(28)30-2)20(21(22,23)24,25-17(27)14-9-5-3-6-10-14)19(29)26(13)15-11-7-4-8-12-15/h14-15H,3-12H2,1-2H3,(H,25,27)/t20-/m0/s1. The Hall–Kier alpha value is -2.06. The smallest absolute Gasteiger partial charge is 0.425 e. The molecule has 1 heterocycles. The van der Waals surface area contributed by atoms with Crippen molar-refractivity contribution in [3.05, 3.63) is 11.3 Å². The fourth-order valence-electron chi connectivity index (χ4n) is 5.11. The van der Waals surface area contributed by atoms with Crippen molar-refractivity contribution in [1.82, 2.24) is 10.2 Å². The predicted molar refractivity (Wildman–Crippen MR) is 102 cm³/mol. The Balaban J connectivity index is 2.07. The molecule has 2 aliphatic carbocycles. The number of carbonyl (C=O) groups is 3. The SMILES string of the molecule is COC(=O)C1=C(C)N(C2CCCCC2)C(=O)[C@]1(NC(=O)C1CCCCC1)C(F)(F)F. The number of ether oxygens (including phenoxy) is 1. The van der Waals surface area contributed by atoms with E-state index in [0.29, 0.717) is 25.7 Å². The van der Waals surface area contributed by atoms with Gasteiger partial charge in [-0.3, -0.25) is 9.59 Å². The van der Waals surface area contributed by atoms with Crippen LogP contribution in [-0.2, 0) is 19.1 Å². The first kappa shape index (κ1) is 22.6. The van der Waals surface area contributed by atoms with E-state index in [1.54, 1.807) is 0 Å². The third-order valence-electron chi connectivity index (χ3n) is 6.68. The Morgan fingerprint density at radius 1 is 1.03 bits per heavy atom. The quantitative estimate of drug-likeness (QED) is 0.692. The minimum Gasteiger partial charge on any atom is -0.466 e. The van der Waals surface area contributed by atoms with E-state index >= 15 is 0 Å². The molecule has 168 valence electrons. The van der Waals surface area contributed by atoms with Crippen molar-refractivity contribution in [3.63, 3.8) is 0 Å². The van der Waals surface area contributed by atoms with Crippen molar-refractivity contribution in [3.8, 4) is 0 Å². The summed E-state index contributed by atoms with van der Waals surface area (Å²) in [7, 11) is 0.973. The summed E-state index contributed by atoms with van der Waals surface area (Å²) in [6.45, 7) is 1.33. The molecule has 9 heteroatoms. The van der Waals surface area contributed by atoms with Crippen molar-refractivity contribution in [2.75, 3.05) is 7.11 Å². The monoisotopic (exact) mass is 430 g/mol. The lowest BCUT2D eigenvalue weighted by molar-refractivity contribution is -0.197. The predicted octanol–water partition coefficient (Wildman–Crippen LogP) is 3.61. The molecule has 3 aliphatic rings. The summed E-state index contributed by atoms with van der Waals surface area (Å²) < 4.78 is 48.3. The van der Waals surface area contributed by atoms with Crippen molar-refractivity contribution in [1.29, 1.82) is 0 Å². The fraction of sp³-hybridized carbons (Fsp3) is 0.762. The van der Waals surface area contributed by atoms with Gasteiger partial charge in [-0.25, -0.2) is 4.79 Å². The zero-order chi connectivity index (χ0) is 22.1. The van der Waals surface area contributed by atoms with Gasteiger partial charge < -0.3 is 15.0 Å². The largest absolute Gasteiger partial charge is 0.466 e. The van der Waals surface area contributed by atoms with Gasteiger partial charge in [0, 0.05) is 17.7 Å². The normalized spacial score (nSPS) is 26.8. The molecule has 2 amide bonds. The maximum absolute atomic E-state index is 14.6. The van der Waals surface area contributed by atoms with E-state index in [1.165, 1.54) is 6.92 Å². The van der Waals surface area contributed by atoms with Crippen molar-refractivity contribution in [2.24, 2.45) is 5.92 Å². The molecule has 1 N–H and O–H groups in total. The average Bonchev–Trinajstić information content (AvgIpc) is 2.95. The molecule has 0 unspecified atom stereocenters. The van der Waals surface area contributed by atoms with Crippen LogP contribution in [0.1, 0.15) is 71.1 Å². The molecule has 1 aliphatic heterocycles. The molecule has 0 radical (unpaired) electrons. The summed E-state index contributed by atoms with van der Waals surface area (Å²) >= 11 is 0. The molecular weight excluding hydrogens is 401 g/mol. The average molecular weight is 430 g/mol. The lowest BCUT2D eigenvalue weighted by Gasteiger charge is -2.37. The van der Waals surface area contributed by atoms with Gasteiger partial charge in [0.05, 0.1) is 7.11 Å². The Labute approximate surface area is 174 Å². The number of carbonyl (C=O) groups excluding carboxylic acids is 3. The van der Waals surface area contributed by atoms with Gasteiger partial charge >= 0.3 is 12.1 Å². The molecule has 0 aromatic carbocycles. The van der Waals surface area contributed by atoms with Crippen LogP contribution in [0.3, 0.4) is 0 Å². The van der Waals surface area contributed by atoms with E-state index in [4.69, 9.17) is 0 Å². The Kier molecular flexibility index (Phi) is 6.48. The second-order valence-corrected chi connectivity index (χ2v) is 8.49. The number of methoxy groups -OCH3 is 1. The molecule has 2 fully saturated rings. The molecule has 0 bridgehead atoms. The van der Waals surface area contributed by atoms with Crippen LogP contribution in [0.2, 0.25) is 0 Å². The van der Waals surface area contributed by atoms with Crippen LogP contribution < -0.4 is 5.32 Å². The summed E-state index contributed by atoms with van der Waals surface area (Å²) in [6.07, 6.45) is 1.82. The van der Waals surface area contributed by atoms with Gasteiger partial charge in [0.25, 0.3) is 5.91 Å². The highest BCUT2D eigenvalue weighted by Gasteiger charge is 2.71. The van der Waals surface area contributed by atoms with Gasteiger partial charge in [0.1, 0.15) is 5.57 Å². The third-order valence-corrected chi connectivity index (χ3v) is 6.68. The zero-order valence-corrected chi connectivity index (χ0v) is 17.4. The highest BCUT2D eigenvalue weighted by molar-refractivity contribution is 6.10. The number of nitrogens with zero attached hydrogens (tertiary/aromatic N) is 1. The lowest BCUT2D eigenvalue weighted by Crippen LogP contribution is -2.67. The summed E-state index contributed by atoms with van der Waals surface area (Å²) in [5.74, 6) is -3.99. The molecule has 3 rings (SSSR count).